The van der Waals surface area contributed by atoms with Gasteiger partial charge in [0, 0.05) is 13.0 Å². The number of carboxylic acids is 1. The molecule has 1 saturated heterocycles. The number of amides is 1. The monoisotopic (exact) mass is 375 g/mol. The summed E-state index contributed by atoms with van der Waals surface area (Å²) in [6.07, 6.45) is 0.667. The molecule has 9 nitrogen and oxygen atoms in total. The molecule has 0 bridgehead atoms. The predicted octanol–water partition coefficient (Wildman–Crippen LogP) is 2.02. The molecule has 3 rings (SSSR count). The Morgan fingerprint density at radius 2 is 2.11 bits per heavy atom. The Morgan fingerprint density at radius 3 is 2.81 bits per heavy atom. The molecular formula is C18H21N3O6. The van der Waals surface area contributed by atoms with Gasteiger partial charge in [-0.3, -0.25) is 4.79 Å². The number of carbonyl (C=O) groups is 2. The first-order valence-corrected chi connectivity index (χ1v) is 8.69. The molecule has 0 saturated carbocycles. The van der Waals surface area contributed by atoms with Crippen LogP contribution in [0.2, 0.25) is 0 Å². The fraction of sp³-hybridized carbons (Fsp3) is 0.444. The largest absolute Gasteiger partial charge is 0.481 e. The number of hydrogen-bond donors (Lipinski definition) is 2. The molecule has 1 aromatic heterocycles. The maximum absolute atomic E-state index is 12.3. The fourth-order valence-electron chi connectivity index (χ4n) is 2.84. The third-order valence-electron chi connectivity index (χ3n) is 4.24. The molecule has 9 heteroatoms. The van der Waals surface area contributed by atoms with Crippen LogP contribution in [0.15, 0.2) is 34.9 Å². The zero-order valence-corrected chi connectivity index (χ0v) is 14.7. The lowest BCUT2D eigenvalue weighted by atomic mass is 9.91. The first kappa shape index (κ1) is 18.8. The Hall–Kier alpha value is -2.94. The minimum absolute atomic E-state index is 0.113. The molecular weight excluding hydrogens is 354 g/mol. The number of benzene rings is 1. The van der Waals surface area contributed by atoms with E-state index in [0.29, 0.717) is 19.4 Å². The molecule has 1 amide bonds. The van der Waals surface area contributed by atoms with E-state index in [-0.39, 0.29) is 37.8 Å². The summed E-state index contributed by atoms with van der Waals surface area (Å²) in [5.41, 5.74) is -0.0890. The first-order valence-electron chi connectivity index (χ1n) is 8.69. The lowest BCUT2D eigenvalue weighted by Crippen LogP contribution is -2.52. The molecule has 1 unspecified atom stereocenters. The molecule has 1 fully saturated rings. The molecule has 2 N–H and O–H groups in total. The number of nitrogens with zero attached hydrogens (tertiary/aromatic N) is 2. The molecule has 2 aromatic rings. The van der Waals surface area contributed by atoms with E-state index in [2.05, 4.69) is 15.5 Å². The first-order chi connectivity index (χ1) is 13.1. The van der Waals surface area contributed by atoms with E-state index in [9.17, 15) is 9.59 Å². The third kappa shape index (κ3) is 5.04. The van der Waals surface area contributed by atoms with E-state index in [0.717, 1.165) is 5.56 Å². The third-order valence-corrected chi connectivity index (χ3v) is 4.24. The van der Waals surface area contributed by atoms with Gasteiger partial charge in [0.05, 0.1) is 13.0 Å². The number of aliphatic carboxylic acids is 1. The van der Waals surface area contributed by atoms with Crippen LogP contribution in [0.5, 0.6) is 0 Å². The number of alkyl carbamates (subject to hydrolysis) is 1. The number of ether oxygens (including phenoxy) is 2. The lowest BCUT2D eigenvalue weighted by Gasteiger charge is -2.34. The van der Waals surface area contributed by atoms with E-state index in [1.165, 1.54) is 0 Å². The second kappa shape index (κ2) is 8.63. The Labute approximate surface area is 155 Å². The summed E-state index contributed by atoms with van der Waals surface area (Å²) in [4.78, 5) is 27.3. The minimum atomic E-state index is -0.961. The van der Waals surface area contributed by atoms with E-state index in [1.807, 2.05) is 30.3 Å². The maximum Gasteiger partial charge on any atom is 0.408 e. The van der Waals surface area contributed by atoms with Crippen LogP contribution in [0.4, 0.5) is 4.79 Å². The van der Waals surface area contributed by atoms with Gasteiger partial charge in [-0.05, 0) is 18.4 Å². The maximum atomic E-state index is 12.3. The van der Waals surface area contributed by atoms with Crippen molar-refractivity contribution < 1.29 is 28.7 Å². The number of rotatable bonds is 7. The van der Waals surface area contributed by atoms with Crippen molar-refractivity contribution in [3.05, 3.63) is 47.6 Å². The molecule has 2 heterocycles. The standard InChI is InChI=1S/C18H21N3O6/c22-15(23)8-7-14-19-16(21-27-14)18(9-4-10-25-12-18)20-17(24)26-11-13-5-2-1-3-6-13/h1-3,5-6H,4,7-12H2,(H,20,24)(H,22,23). The summed E-state index contributed by atoms with van der Waals surface area (Å²) in [5, 5.41) is 15.5. The van der Waals surface area contributed by atoms with Crippen molar-refractivity contribution in [3.63, 3.8) is 0 Å². The number of hydrogen-bond acceptors (Lipinski definition) is 7. The molecule has 1 atom stereocenters. The second-order valence-electron chi connectivity index (χ2n) is 6.33. The smallest absolute Gasteiger partial charge is 0.408 e. The molecule has 1 aliphatic rings. The normalized spacial score (nSPS) is 19.4. The topological polar surface area (TPSA) is 124 Å². The molecule has 0 radical (unpaired) electrons. The Bertz CT molecular complexity index is 770. The Balaban J connectivity index is 1.67. The van der Waals surface area contributed by atoms with Crippen LogP contribution < -0.4 is 5.32 Å². The van der Waals surface area contributed by atoms with Gasteiger partial charge < -0.3 is 24.4 Å². The minimum Gasteiger partial charge on any atom is -0.481 e. The van der Waals surface area contributed by atoms with E-state index >= 15 is 0 Å². The average Bonchev–Trinajstić information content (AvgIpc) is 3.16. The van der Waals surface area contributed by atoms with Gasteiger partial charge in [0.25, 0.3) is 0 Å². The van der Waals surface area contributed by atoms with E-state index < -0.39 is 17.6 Å². The summed E-state index contributed by atoms with van der Waals surface area (Å²) < 4.78 is 16.0. The summed E-state index contributed by atoms with van der Waals surface area (Å²) in [5.74, 6) is -0.482. The summed E-state index contributed by atoms with van der Waals surface area (Å²) in [6.45, 7) is 0.900. The lowest BCUT2D eigenvalue weighted by molar-refractivity contribution is -0.137. The second-order valence-corrected chi connectivity index (χ2v) is 6.33. The van der Waals surface area contributed by atoms with Gasteiger partial charge >= 0.3 is 12.1 Å². The van der Waals surface area contributed by atoms with Crippen molar-refractivity contribution >= 4 is 12.1 Å². The molecule has 0 spiro atoms. The number of aromatic nitrogens is 2. The van der Waals surface area contributed by atoms with E-state index in [4.69, 9.17) is 19.1 Å². The molecule has 1 aliphatic heterocycles. The van der Waals surface area contributed by atoms with Crippen molar-refractivity contribution in [1.82, 2.24) is 15.5 Å². The number of nitrogens with one attached hydrogen (secondary N) is 1. The zero-order valence-electron chi connectivity index (χ0n) is 14.7. The van der Waals surface area contributed by atoms with Crippen molar-refractivity contribution in [2.45, 2.75) is 37.8 Å². The molecule has 144 valence electrons. The molecule has 0 aliphatic carbocycles. The van der Waals surface area contributed by atoms with Gasteiger partial charge in [0.15, 0.2) is 5.82 Å². The van der Waals surface area contributed by atoms with Crippen molar-refractivity contribution in [3.8, 4) is 0 Å². The van der Waals surface area contributed by atoms with Crippen LogP contribution in [-0.4, -0.2) is 40.5 Å². The highest BCUT2D eigenvalue weighted by molar-refractivity contribution is 5.68. The van der Waals surface area contributed by atoms with E-state index in [1.54, 1.807) is 0 Å². The fourth-order valence-corrected chi connectivity index (χ4v) is 2.84. The number of carbonyl (C=O) groups excluding carboxylic acids is 1. The highest BCUT2D eigenvalue weighted by Crippen LogP contribution is 2.29. The quantitative estimate of drug-likeness (QED) is 0.753. The van der Waals surface area contributed by atoms with Gasteiger partial charge in [-0.15, -0.1) is 0 Å². The highest BCUT2D eigenvalue weighted by Gasteiger charge is 2.41. The number of carboxylic acid groups (broad SMARTS) is 1. The van der Waals surface area contributed by atoms with Crippen LogP contribution in [0, 0.1) is 0 Å². The van der Waals surface area contributed by atoms with Crippen molar-refractivity contribution in [2.75, 3.05) is 13.2 Å². The predicted molar refractivity (Wildman–Crippen MR) is 91.7 cm³/mol. The summed E-state index contributed by atoms with van der Waals surface area (Å²) in [6, 6.07) is 9.34. The van der Waals surface area contributed by atoms with Crippen LogP contribution in [-0.2, 0) is 32.8 Å². The Kier molecular flexibility index (Phi) is 6.02. The molecule has 27 heavy (non-hydrogen) atoms. The Morgan fingerprint density at radius 1 is 1.30 bits per heavy atom. The van der Waals surface area contributed by atoms with Crippen LogP contribution in [0.3, 0.4) is 0 Å². The van der Waals surface area contributed by atoms with Gasteiger partial charge in [0.2, 0.25) is 5.89 Å². The van der Waals surface area contributed by atoms with Crippen LogP contribution in [0.1, 0.15) is 36.5 Å². The van der Waals surface area contributed by atoms with Crippen molar-refractivity contribution in [2.24, 2.45) is 0 Å². The van der Waals surface area contributed by atoms with Gasteiger partial charge in [-0.2, -0.15) is 4.98 Å². The SMILES string of the molecule is O=C(O)CCc1nc(C2(NC(=O)OCc3ccccc3)CCCOC2)no1. The summed E-state index contributed by atoms with van der Waals surface area (Å²) in [7, 11) is 0. The van der Waals surface area contributed by atoms with Crippen LogP contribution >= 0.6 is 0 Å². The van der Waals surface area contributed by atoms with Gasteiger partial charge in [0.1, 0.15) is 12.1 Å². The average molecular weight is 375 g/mol. The number of aryl methyl sites for hydroxylation is 1. The highest BCUT2D eigenvalue weighted by atomic mass is 16.5. The summed E-state index contributed by atoms with van der Waals surface area (Å²) >= 11 is 0. The zero-order chi connectivity index (χ0) is 19.1. The van der Waals surface area contributed by atoms with Crippen molar-refractivity contribution in [1.29, 1.82) is 0 Å². The molecule has 1 aromatic carbocycles. The van der Waals surface area contributed by atoms with Gasteiger partial charge in [-0.25, -0.2) is 4.79 Å². The van der Waals surface area contributed by atoms with Gasteiger partial charge in [-0.1, -0.05) is 35.5 Å². The van der Waals surface area contributed by atoms with Crippen LogP contribution in [0.25, 0.3) is 0 Å².